The fourth-order valence-corrected chi connectivity index (χ4v) is 7.70. The highest BCUT2D eigenvalue weighted by Crippen LogP contribution is 2.07. The van der Waals surface area contributed by atoms with Gasteiger partial charge in [0.05, 0.1) is 52.1 Å². The molecule has 0 saturated heterocycles. The van der Waals surface area contributed by atoms with Crippen molar-refractivity contribution in [2.45, 2.75) is 169 Å². The molecule has 0 fully saturated rings. The minimum Gasteiger partial charge on any atom is -0.462 e. The van der Waals surface area contributed by atoms with Crippen molar-refractivity contribution < 1.29 is 95.2 Å². The minimum atomic E-state index is -0.830. The van der Waals surface area contributed by atoms with Crippen LogP contribution in [0, 0.1) is 0 Å². The van der Waals surface area contributed by atoms with E-state index in [9.17, 15) is 38.4 Å². The van der Waals surface area contributed by atoms with Gasteiger partial charge in [-0.2, -0.15) is 0 Å². The summed E-state index contributed by atoms with van der Waals surface area (Å²) in [6.45, 7) is 11.3. The van der Waals surface area contributed by atoms with Crippen molar-refractivity contribution in [1.29, 1.82) is 0 Å². The van der Waals surface area contributed by atoms with Crippen molar-refractivity contribution >= 4 is 48.5 Å². The average Bonchev–Trinajstić information content (AvgIpc) is 3.55. The maximum atomic E-state index is 12.8. The number of ether oxygens (including phenoxy) is 12. The number of carbonyl (C=O) groups is 8. The van der Waals surface area contributed by atoms with Gasteiger partial charge in [0.25, 0.3) is 0 Å². The number of unbranched alkanes of at least 4 members (excludes halogenated alkanes) is 8. The molecule has 0 aliphatic carbocycles. The van der Waals surface area contributed by atoms with Crippen molar-refractivity contribution in [2.24, 2.45) is 0 Å². The summed E-state index contributed by atoms with van der Waals surface area (Å²) in [5.41, 5.74) is 0. The number of allylic oxidation sites excluding steroid dienone is 8. The lowest BCUT2D eigenvalue weighted by Gasteiger charge is -2.25. The Balaban J connectivity index is 5.32. The second-order valence-corrected chi connectivity index (χ2v) is 19.9. The lowest BCUT2D eigenvalue weighted by Crippen LogP contribution is -2.34. The van der Waals surface area contributed by atoms with Crippen LogP contribution in [-0.2, 0) is 76.0 Å². The van der Waals surface area contributed by atoms with Crippen LogP contribution in [-0.4, -0.2) is 202 Å². The molecule has 0 amide bonds. The van der Waals surface area contributed by atoms with Gasteiger partial charge in [0.1, 0.15) is 52.9 Å². The van der Waals surface area contributed by atoms with Gasteiger partial charge in [0, 0.05) is 26.2 Å². The third-order valence-electron chi connectivity index (χ3n) is 12.4. The molecule has 0 spiro atoms. The number of rotatable bonds is 56. The largest absolute Gasteiger partial charge is 0.508 e. The lowest BCUT2D eigenvalue weighted by atomic mass is 10.2. The maximum Gasteiger partial charge on any atom is 0.508 e. The van der Waals surface area contributed by atoms with E-state index in [0.29, 0.717) is 64.7 Å². The number of hydrogen-bond donors (Lipinski definition) is 0. The molecule has 0 aromatic rings. The molecule has 23 nitrogen and oxygen atoms in total. The molecular weight excluding hydrogens is 1120 g/mol. The van der Waals surface area contributed by atoms with E-state index in [1.807, 2.05) is 16.8 Å². The van der Waals surface area contributed by atoms with Crippen LogP contribution >= 0.6 is 0 Å². The third kappa shape index (κ3) is 56.9. The topological polar surface area (TPSA) is 257 Å². The van der Waals surface area contributed by atoms with Crippen LogP contribution in [0.3, 0.4) is 0 Å². The summed E-state index contributed by atoms with van der Waals surface area (Å²) >= 11 is 0. The highest BCUT2D eigenvalue weighted by molar-refractivity contribution is 5.71. The Morgan fingerprint density at radius 3 is 0.709 bits per heavy atom. The summed E-state index contributed by atoms with van der Waals surface area (Å²) < 4.78 is 61.7. The molecule has 0 rings (SSSR count). The van der Waals surface area contributed by atoms with Crippen molar-refractivity contribution in [3.05, 3.63) is 48.6 Å². The Kier molecular flexibility index (Phi) is 56.1. The van der Waals surface area contributed by atoms with Crippen LogP contribution in [0.25, 0.3) is 0 Å². The molecule has 0 heterocycles. The highest BCUT2D eigenvalue weighted by Gasteiger charge is 2.17. The van der Waals surface area contributed by atoms with Gasteiger partial charge in [-0.3, -0.25) is 19.2 Å². The minimum absolute atomic E-state index is 0.00452. The second-order valence-electron chi connectivity index (χ2n) is 19.9. The van der Waals surface area contributed by atoms with E-state index in [4.69, 9.17) is 56.8 Å². The monoisotopic (exact) mass is 1230 g/mol. The molecule has 494 valence electrons. The lowest BCUT2D eigenvalue weighted by molar-refractivity contribution is -0.147. The number of carbonyl (C=O) groups excluding carboxylic acids is 8. The van der Waals surface area contributed by atoms with Gasteiger partial charge in [0.15, 0.2) is 0 Å². The van der Waals surface area contributed by atoms with Crippen LogP contribution < -0.4 is 0 Å². The van der Waals surface area contributed by atoms with Crippen molar-refractivity contribution in [3.8, 4) is 0 Å². The predicted octanol–water partition coefficient (Wildman–Crippen LogP) is 11.2. The van der Waals surface area contributed by atoms with E-state index in [2.05, 4.69) is 81.2 Å². The molecule has 0 bridgehead atoms. The Morgan fingerprint density at radius 2 is 0.477 bits per heavy atom. The molecule has 0 unspecified atom stereocenters. The molecule has 0 aromatic carbocycles. The summed E-state index contributed by atoms with van der Waals surface area (Å²) in [5.74, 6) is -2.05. The smallest absolute Gasteiger partial charge is 0.462 e. The number of esters is 4. The van der Waals surface area contributed by atoms with Gasteiger partial charge in [-0.15, -0.1) is 0 Å². The fourth-order valence-electron chi connectivity index (χ4n) is 7.70. The van der Waals surface area contributed by atoms with E-state index in [1.165, 1.54) is 0 Å². The maximum absolute atomic E-state index is 12.8. The van der Waals surface area contributed by atoms with Crippen molar-refractivity contribution in [2.75, 3.05) is 139 Å². The first-order chi connectivity index (χ1) is 41.8. The summed E-state index contributed by atoms with van der Waals surface area (Å²) in [6, 6.07) is 0. The number of nitrogens with zero attached hydrogens (tertiary/aromatic N) is 3. The van der Waals surface area contributed by atoms with Crippen LogP contribution in [0.2, 0.25) is 0 Å². The predicted molar refractivity (Wildman–Crippen MR) is 324 cm³/mol. The van der Waals surface area contributed by atoms with Crippen molar-refractivity contribution in [3.63, 3.8) is 0 Å². The average molecular weight is 1230 g/mol. The highest BCUT2D eigenvalue weighted by atomic mass is 16.7. The summed E-state index contributed by atoms with van der Waals surface area (Å²) in [5, 5.41) is 0. The Hall–Kier alpha value is -6.20. The Labute approximate surface area is 513 Å². The number of hydrogen-bond acceptors (Lipinski definition) is 23. The quantitative estimate of drug-likeness (QED) is 0.0237. The van der Waals surface area contributed by atoms with Gasteiger partial charge in [-0.05, 0) is 149 Å². The molecule has 23 heteroatoms. The molecule has 0 atom stereocenters. The zero-order chi connectivity index (χ0) is 63.2. The van der Waals surface area contributed by atoms with E-state index in [0.717, 1.165) is 77.0 Å². The van der Waals surface area contributed by atoms with Crippen LogP contribution in [0.1, 0.15) is 169 Å². The van der Waals surface area contributed by atoms with Gasteiger partial charge >= 0.3 is 48.5 Å². The van der Waals surface area contributed by atoms with E-state index >= 15 is 0 Å². The van der Waals surface area contributed by atoms with Gasteiger partial charge in [-0.25, -0.2) is 19.2 Å². The second kappa shape index (κ2) is 60.5. The van der Waals surface area contributed by atoms with E-state index in [1.54, 1.807) is 0 Å². The van der Waals surface area contributed by atoms with Gasteiger partial charge < -0.3 is 71.5 Å². The van der Waals surface area contributed by atoms with Gasteiger partial charge in [-0.1, -0.05) is 76.3 Å². The summed E-state index contributed by atoms with van der Waals surface area (Å²) in [7, 11) is 1.96. The summed E-state index contributed by atoms with van der Waals surface area (Å²) in [6.07, 6.45) is 28.6. The third-order valence-corrected chi connectivity index (χ3v) is 12.4. The first-order valence-electron chi connectivity index (χ1n) is 31.4. The SMILES string of the molecule is CC/C=C\CCCCOC(=O)OCCOC(=O)CCN(CCCN(C)CCCN(CCC(=O)OCCOC(=O)OCCCC/C=C\CC)CCC(=O)OCCOC(=O)OCCCC/C=C\CC)CCC(=O)OCCOC(=O)OCCCC/C=C\CC. The van der Waals surface area contributed by atoms with E-state index < -0.39 is 48.5 Å². The van der Waals surface area contributed by atoms with Crippen LogP contribution in [0.4, 0.5) is 19.2 Å². The van der Waals surface area contributed by atoms with Crippen LogP contribution in [0.5, 0.6) is 0 Å². The zero-order valence-corrected chi connectivity index (χ0v) is 52.8. The van der Waals surface area contributed by atoms with Gasteiger partial charge in [0.2, 0.25) is 0 Å². The molecule has 0 saturated carbocycles. The molecule has 0 N–H and O–H groups in total. The van der Waals surface area contributed by atoms with Crippen LogP contribution in [0.15, 0.2) is 48.6 Å². The molecule has 0 aromatic heterocycles. The Bertz CT molecular complexity index is 1630. The fraction of sp³-hybridized carbons (Fsp3) is 0.746. The molecule has 0 radical (unpaired) electrons. The Morgan fingerprint density at radius 1 is 0.256 bits per heavy atom. The molecule has 86 heavy (non-hydrogen) atoms. The zero-order valence-electron chi connectivity index (χ0n) is 52.8. The van der Waals surface area contributed by atoms with E-state index in [-0.39, 0.29) is 131 Å². The molecule has 0 aliphatic heterocycles. The molecule has 0 aliphatic rings. The van der Waals surface area contributed by atoms with Crippen molar-refractivity contribution in [1.82, 2.24) is 14.7 Å². The molecular formula is C63H107N3O20. The normalized spacial score (nSPS) is 11.4. The standard InChI is InChI=1S/C63H107N3O20/c1-6-10-14-18-22-26-44-79-60(71)83-52-48-75-56(67)32-40-65(41-33-57(68)76-49-53-84-61(72)80-45-27-23-19-15-11-7-2)38-30-36-64(5)37-31-39-66(42-34-58(69)77-50-54-85-62(73)81-46-28-24-20-16-12-8-3)43-35-59(70)78-51-55-86-63(74)82-47-29-25-21-17-13-9-4/h10-17H,6-9,18-55H2,1-5H3/b14-10-,15-11-,16-12-,17-13-. The first kappa shape index (κ1) is 79.8. The first-order valence-corrected chi connectivity index (χ1v) is 31.4. The summed E-state index contributed by atoms with van der Waals surface area (Å²) in [4.78, 5) is 105.